The van der Waals surface area contributed by atoms with E-state index >= 15 is 0 Å². The van der Waals surface area contributed by atoms with Crippen LogP contribution in [0.3, 0.4) is 0 Å². The van der Waals surface area contributed by atoms with E-state index in [4.69, 9.17) is 18.9 Å². The first-order valence-corrected chi connectivity index (χ1v) is 13.3. The van der Waals surface area contributed by atoms with Gasteiger partial charge >= 0.3 is 12.0 Å². The molecular formula is C22H40N4O6S. The van der Waals surface area contributed by atoms with Crippen LogP contribution in [0, 0.1) is 0 Å². The van der Waals surface area contributed by atoms with Crippen LogP contribution in [-0.4, -0.2) is 119 Å². The molecule has 33 heavy (non-hydrogen) atoms. The summed E-state index contributed by atoms with van der Waals surface area (Å²) in [5.41, 5.74) is 0. The summed E-state index contributed by atoms with van der Waals surface area (Å²) >= 11 is 1.90. The van der Waals surface area contributed by atoms with Crippen LogP contribution < -0.4 is 16.0 Å². The third-order valence-corrected chi connectivity index (χ3v) is 7.56. The van der Waals surface area contributed by atoms with E-state index in [0.717, 1.165) is 64.3 Å². The van der Waals surface area contributed by atoms with Crippen molar-refractivity contribution in [2.24, 2.45) is 0 Å². The molecule has 3 unspecified atom stereocenters. The molecular weight excluding hydrogens is 448 g/mol. The van der Waals surface area contributed by atoms with Gasteiger partial charge < -0.3 is 34.9 Å². The third-order valence-electron chi connectivity index (χ3n) is 6.05. The molecule has 0 saturated carbocycles. The number of piperazine rings is 1. The van der Waals surface area contributed by atoms with Crippen LogP contribution in [0.25, 0.3) is 0 Å². The van der Waals surface area contributed by atoms with E-state index in [2.05, 4.69) is 20.9 Å². The molecule has 3 rings (SSSR count). The van der Waals surface area contributed by atoms with E-state index < -0.39 is 0 Å². The van der Waals surface area contributed by atoms with Crippen LogP contribution in [0.4, 0.5) is 4.79 Å². The Balaban J connectivity index is 1.03. The quantitative estimate of drug-likeness (QED) is 0.150. The molecule has 3 fully saturated rings. The molecule has 3 aliphatic rings. The number of fused-ring (bicyclic) bond motifs is 1. The maximum Gasteiger partial charge on any atom is 0.315 e. The number of ether oxygens (including phenoxy) is 4. The van der Waals surface area contributed by atoms with Crippen LogP contribution in [0.5, 0.6) is 0 Å². The maximum atomic E-state index is 11.8. The SMILES string of the molecule is O=C1NC2CSC(CCCCC(=O)OCCOCCOCCOCCN3CCNCC3)C2N1. The van der Waals surface area contributed by atoms with Crippen molar-refractivity contribution in [3.05, 3.63) is 0 Å². The highest BCUT2D eigenvalue weighted by Gasteiger charge is 2.42. The predicted molar refractivity (Wildman–Crippen MR) is 127 cm³/mol. The number of thioether (sulfide) groups is 1. The fourth-order valence-electron chi connectivity index (χ4n) is 4.21. The molecule has 3 N–H and O–H groups in total. The Morgan fingerprint density at radius 3 is 2.39 bits per heavy atom. The molecule has 0 radical (unpaired) electrons. The molecule has 3 atom stereocenters. The second-order valence-electron chi connectivity index (χ2n) is 8.52. The van der Waals surface area contributed by atoms with Crippen LogP contribution in [0.15, 0.2) is 0 Å². The molecule has 0 aliphatic carbocycles. The summed E-state index contributed by atoms with van der Waals surface area (Å²) in [6.45, 7) is 8.80. The minimum atomic E-state index is -0.180. The zero-order valence-corrected chi connectivity index (χ0v) is 20.4. The van der Waals surface area contributed by atoms with Crippen LogP contribution >= 0.6 is 11.8 Å². The fraction of sp³-hybridized carbons (Fsp3) is 0.909. The summed E-state index contributed by atoms with van der Waals surface area (Å²) in [6.07, 6.45) is 3.19. The lowest BCUT2D eigenvalue weighted by Gasteiger charge is -2.26. The molecule has 2 amide bonds. The smallest absolute Gasteiger partial charge is 0.315 e. The van der Waals surface area contributed by atoms with Gasteiger partial charge in [0.2, 0.25) is 0 Å². The second kappa shape index (κ2) is 15.7. The normalized spacial score (nSPS) is 25.0. The third kappa shape index (κ3) is 10.4. The summed E-state index contributed by atoms with van der Waals surface area (Å²) in [7, 11) is 0. The zero-order chi connectivity index (χ0) is 23.1. The summed E-state index contributed by atoms with van der Waals surface area (Å²) in [4.78, 5) is 25.6. The average molecular weight is 489 g/mol. The number of esters is 1. The molecule has 0 spiro atoms. The second-order valence-corrected chi connectivity index (χ2v) is 9.79. The molecule has 0 aromatic rings. The minimum Gasteiger partial charge on any atom is -0.463 e. The summed E-state index contributed by atoms with van der Waals surface area (Å²) in [5, 5.41) is 9.71. The van der Waals surface area contributed by atoms with Crippen LogP contribution in [0.2, 0.25) is 0 Å². The van der Waals surface area contributed by atoms with E-state index in [9.17, 15) is 9.59 Å². The lowest BCUT2D eigenvalue weighted by atomic mass is 10.0. The molecule has 0 aromatic heterocycles. The first-order chi connectivity index (χ1) is 16.2. The first-order valence-electron chi connectivity index (χ1n) is 12.2. The molecule has 3 heterocycles. The monoisotopic (exact) mass is 488 g/mol. The van der Waals surface area contributed by atoms with Crippen molar-refractivity contribution < 1.29 is 28.5 Å². The fourth-order valence-corrected chi connectivity index (χ4v) is 5.76. The maximum absolute atomic E-state index is 11.8. The van der Waals surface area contributed by atoms with E-state index in [1.165, 1.54) is 0 Å². The van der Waals surface area contributed by atoms with E-state index in [-0.39, 0.29) is 30.7 Å². The Morgan fingerprint density at radius 1 is 0.939 bits per heavy atom. The number of nitrogens with zero attached hydrogens (tertiary/aromatic N) is 1. The Morgan fingerprint density at radius 2 is 1.64 bits per heavy atom. The lowest BCUT2D eigenvalue weighted by Crippen LogP contribution is -2.44. The Hall–Kier alpha value is -1.11. The molecule has 3 aliphatic heterocycles. The van der Waals surface area contributed by atoms with Crippen molar-refractivity contribution in [1.29, 1.82) is 0 Å². The molecule has 11 heteroatoms. The number of hydrogen-bond acceptors (Lipinski definition) is 9. The van der Waals surface area contributed by atoms with Crippen molar-refractivity contribution >= 4 is 23.8 Å². The summed E-state index contributed by atoms with van der Waals surface area (Å²) in [6, 6.07) is 0.424. The molecule has 3 saturated heterocycles. The summed E-state index contributed by atoms with van der Waals surface area (Å²) < 4.78 is 21.7. The Labute approximate surface area is 201 Å². The van der Waals surface area contributed by atoms with Gasteiger partial charge in [-0.15, -0.1) is 0 Å². The number of carbonyl (C=O) groups excluding carboxylic acids is 2. The van der Waals surface area contributed by atoms with Gasteiger partial charge in [-0.05, 0) is 12.8 Å². The van der Waals surface area contributed by atoms with Gasteiger partial charge in [-0.25, -0.2) is 4.79 Å². The van der Waals surface area contributed by atoms with Crippen molar-refractivity contribution in [1.82, 2.24) is 20.9 Å². The average Bonchev–Trinajstić information content (AvgIpc) is 3.37. The molecule has 190 valence electrons. The van der Waals surface area contributed by atoms with Gasteiger partial charge in [-0.2, -0.15) is 11.8 Å². The highest BCUT2D eigenvalue weighted by molar-refractivity contribution is 8.00. The van der Waals surface area contributed by atoms with Gasteiger partial charge in [0.1, 0.15) is 6.61 Å². The van der Waals surface area contributed by atoms with Gasteiger partial charge in [0.25, 0.3) is 0 Å². The minimum absolute atomic E-state index is 0.0569. The van der Waals surface area contributed by atoms with Crippen LogP contribution in [0.1, 0.15) is 25.7 Å². The van der Waals surface area contributed by atoms with Crippen molar-refractivity contribution in [3.8, 4) is 0 Å². The summed E-state index contributed by atoms with van der Waals surface area (Å²) in [5.74, 6) is 0.784. The molecule has 10 nitrogen and oxygen atoms in total. The Kier molecular flexibility index (Phi) is 12.6. The number of hydrogen-bond donors (Lipinski definition) is 3. The van der Waals surface area contributed by atoms with Gasteiger partial charge in [0, 0.05) is 50.1 Å². The first kappa shape index (κ1) is 26.5. The van der Waals surface area contributed by atoms with E-state index in [0.29, 0.717) is 44.7 Å². The molecule has 0 bridgehead atoms. The van der Waals surface area contributed by atoms with Gasteiger partial charge in [0.15, 0.2) is 0 Å². The van der Waals surface area contributed by atoms with Crippen molar-refractivity contribution in [2.45, 2.75) is 43.0 Å². The van der Waals surface area contributed by atoms with Gasteiger partial charge in [-0.3, -0.25) is 9.69 Å². The predicted octanol–water partition coefficient (Wildman–Crippen LogP) is 0.210. The van der Waals surface area contributed by atoms with Crippen molar-refractivity contribution in [2.75, 3.05) is 84.7 Å². The van der Waals surface area contributed by atoms with Crippen LogP contribution in [-0.2, 0) is 23.7 Å². The number of urea groups is 1. The Bertz CT molecular complexity index is 581. The number of nitrogens with one attached hydrogen (secondary N) is 3. The lowest BCUT2D eigenvalue weighted by molar-refractivity contribution is -0.145. The number of unbranched alkanes of at least 4 members (excludes halogenated alkanes) is 1. The van der Waals surface area contributed by atoms with E-state index in [1.54, 1.807) is 0 Å². The number of amides is 2. The molecule has 0 aromatic carbocycles. The largest absolute Gasteiger partial charge is 0.463 e. The highest BCUT2D eigenvalue weighted by Crippen LogP contribution is 2.33. The highest BCUT2D eigenvalue weighted by atomic mass is 32.2. The van der Waals surface area contributed by atoms with E-state index in [1.807, 2.05) is 11.8 Å². The topological polar surface area (TPSA) is 110 Å². The van der Waals surface area contributed by atoms with Crippen molar-refractivity contribution in [3.63, 3.8) is 0 Å². The number of rotatable bonds is 17. The van der Waals surface area contributed by atoms with Gasteiger partial charge in [-0.1, -0.05) is 6.42 Å². The number of carbonyl (C=O) groups is 2. The van der Waals surface area contributed by atoms with Gasteiger partial charge in [0.05, 0.1) is 51.7 Å². The standard InChI is InChI=1S/C22H40N4O6S/c27-20(4-2-1-3-19-21-18(17-33-19)24-22(28)25-21)32-16-15-31-14-13-30-12-11-29-10-9-26-7-5-23-6-8-26/h18-19,21,23H,1-17H2,(H2,24,25,28). The zero-order valence-electron chi connectivity index (χ0n) is 19.6.